The Labute approximate surface area is 117 Å². The predicted molar refractivity (Wildman–Crippen MR) is 75.8 cm³/mol. The third-order valence-electron chi connectivity index (χ3n) is 2.36. The van der Waals surface area contributed by atoms with Gasteiger partial charge in [-0.15, -0.1) is 11.8 Å². The number of rotatable bonds is 6. The summed E-state index contributed by atoms with van der Waals surface area (Å²) >= 11 is 7.24. The molecule has 100 valence electrons. The van der Waals surface area contributed by atoms with Crippen molar-refractivity contribution in [1.82, 2.24) is 10.3 Å². The normalized spacial score (nSPS) is 14.5. The molecule has 0 saturated carbocycles. The van der Waals surface area contributed by atoms with Crippen LogP contribution < -0.4 is 11.1 Å². The van der Waals surface area contributed by atoms with Gasteiger partial charge in [0.1, 0.15) is 5.54 Å². The topological polar surface area (TPSA) is 68.0 Å². The summed E-state index contributed by atoms with van der Waals surface area (Å²) in [5.41, 5.74) is 4.70. The first-order valence-electron chi connectivity index (χ1n) is 5.65. The van der Waals surface area contributed by atoms with Gasteiger partial charge in [-0.05, 0) is 32.9 Å². The Balaban J connectivity index is 2.68. The van der Waals surface area contributed by atoms with Crippen molar-refractivity contribution in [2.24, 2.45) is 5.73 Å². The number of primary amides is 1. The lowest BCUT2D eigenvalue weighted by molar-refractivity contribution is -0.123. The summed E-state index contributed by atoms with van der Waals surface area (Å²) in [6.45, 7) is 5.76. The fourth-order valence-corrected chi connectivity index (χ4v) is 2.55. The smallest absolute Gasteiger partial charge is 0.238 e. The molecule has 4 nitrogen and oxygen atoms in total. The van der Waals surface area contributed by atoms with E-state index in [0.29, 0.717) is 10.8 Å². The number of halogens is 1. The minimum atomic E-state index is -0.750. The maximum absolute atomic E-state index is 11.5. The van der Waals surface area contributed by atoms with Gasteiger partial charge < -0.3 is 11.1 Å². The number of nitrogens with one attached hydrogen (secondary N) is 1. The number of carbonyl (C=O) groups is 1. The first kappa shape index (κ1) is 15.3. The first-order chi connectivity index (χ1) is 8.33. The summed E-state index contributed by atoms with van der Waals surface area (Å²) in [6, 6.07) is 3.78. The largest absolute Gasteiger partial charge is 0.368 e. The number of amides is 1. The summed E-state index contributed by atoms with van der Waals surface area (Å²) in [7, 11) is 0. The second-order valence-corrected chi connectivity index (χ2v) is 6.03. The SMILES string of the molecule is CC(C)NC(C)(CSc1ccc(Cl)cn1)C(N)=O. The summed E-state index contributed by atoms with van der Waals surface area (Å²) < 4.78 is 0. The van der Waals surface area contributed by atoms with E-state index in [2.05, 4.69) is 10.3 Å². The Morgan fingerprint density at radius 3 is 2.72 bits per heavy atom. The Morgan fingerprint density at radius 1 is 1.61 bits per heavy atom. The standard InChI is InChI=1S/C12H18ClN3OS/c1-8(2)16-12(3,11(14)17)7-18-10-5-4-9(13)6-15-10/h4-6,8,16H,7H2,1-3H3,(H2,14,17). The molecule has 1 atom stereocenters. The first-order valence-corrected chi connectivity index (χ1v) is 7.02. The van der Waals surface area contributed by atoms with Gasteiger partial charge >= 0.3 is 0 Å². The number of nitrogens with two attached hydrogens (primary N) is 1. The summed E-state index contributed by atoms with van der Waals surface area (Å²) in [4.78, 5) is 15.7. The molecule has 0 bridgehead atoms. The molecule has 1 heterocycles. The highest BCUT2D eigenvalue weighted by atomic mass is 35.5. The molecule has 1 rings (SSSR count). The zero-order valence-corrected chi connectivity index (χ0v) is 12.3. The fourth-order valence-electron chi connectivity index (χ4n) is 1.49. The average molecular weight is 288 g/mol. The number of thioether (sulfide) groups is 1. The maximum Gasteiger partial charge on any atom is 0.238 e. The molecule has 0 aliphatic carbocycles. The lowest BCUT2D eigenvalue weighted by atomic mass is 10.0. The lowest BCUT2D eigenvalue weighted by Crippen LogP contribution is -2.57. The van der Waals surface area contributed by atoms with Gasteiger partial charge in [-0.2, -0.15) is 0 Å². The van der Waals surface area contributed by atoms with Gasteiger partial charge in [0.2, 0.25) is 5.91 Å². The van der Waals surface area contributed by atoms with Gasteiger partial charge in [0.15, 0.2) is 0 Å². The van der Waals surface area contributed by atoms with E-state index in [1.165, 1.54) is 11.8 Å². The number of carbonyl (C=O) groups excluding carboxylic acids is 1. The molecule has 6 heteroatoms. The molecule has 0 aromatic carbocycles. The van der Waals surface area contributed by atoms with Gasteiger partial charge in [-0.1, -0.05) is 11.6 Å². The second-order valence-electron chi connectivity index (χ2n) is 4.60. The van der Waals surface area contributed by atoms with Crippen LogP contribution in [0.15, 0.2) is 23.4 Å². The molecule has 0 aliphatic heterocycles. The third-order valence-corrected chi connectivity index (χ3v) is 3.84. The van der Waals surface area contributed by atoms with Crippen molar-refractivity contribution in [2.45, 2.75) is 37.4 Å². The van der Waals surface area contributed by atoms with Crippen molar-refractivity contribution in [3.05, 3.63) is 23.4 Å². The van der Waals surface area contributed by atoms with Crippen molar-refractivity contribution in [3.8, 4) is 0 Å². The van der Waals surface area contributed by atoms with Crippen LogP contribution in [0.1, 0.15) is 20.8 Å². The third kappa shape index (κ3) is 4.48. The Hall–Kier alpha value is -0.780. The zero-order chi connectivity index (χ0) is 13.8. The Bertz CT molecular complexity index is 410. The number of nitrogens with zero attached hydrogens (tertiary/aromatic N) is 1. The molecule has 3 N–H and O–H groups in total. The van der Waals surface area contributed by atoms with E-state index in [1.807, 2.05) is 19.9 Å². The van der Waals surface area contributed by atoms with Crippen LogP contribution in [0.2, 0.25) is 5.02 Å². The fraction of sp³-hybridized carbons (Fsp3) is 0.500. The highest BCUT2D eigenvalue weighted by Gasteiger charge is 2.31. The van der Waals surface area contributed by atoms with Crippen LogP contribution in [0, 0.1) is 0 Å². The molecular formula is C12H18ClN3OS. The summed E-state index contributed by atoms with van der Waals surface area (Å²) in [5, 5.41) is 4.60. The highest BCUT2D eigenvalue weighted by Crippen LogP contribution is 2.22. The minimum absolute atomic E-state index is 0.182. The minimum Gasteiger partial charge on any atom is -0.368 e. The van der Waals surface area contributed by atoms with E-state index in [-0.39, 0.29) is 11.9 Å². The molecule has 0 aliphatic rings. The molecule has 1 aromatic rings. The molecule has 1 unspecified atom stereocenters. The number of hydrogen-bond acceptors (Lipinski definition) is 4. The van der Waals surface area contributed by atoms with Crippen LogP contribution >= 0.6 is 23.4 Å². The zero-order valence-electron chi connectivity index (χ0n) is 10.7. The molecule has 18 heavy (non-hydrogen) atoms. The van der Waals surface area contributed by atoms with Crippen LogP contribution in [0.25, 0.3) is 0 Å². The molecule has 1 aromatic heterocycles. The molecule has 1 amide bonds. The monoisotopic (exact) mass is 287 g/mol. The van der Waals surface area contributed by atoms with Crippen LogP contribution in [0.3, 0.4) is 0 Å². The van der Waals surface area contributed by atoms with E-state index in [0.717, 1.165) is 5.03 Å². The lowest BCUT2D eigenvalue weighted by Gasteiger charge is -2.29. The number of aromatic nitrogens is 1. The maximum atomic E-state index is 11.5. The molecule has 0 radical (unpaired) electrons. The summed E-state index contributed by atoms with van der Waals surface area (Å²) in [6.07, 6.45) is 1.58. The van der Waals surface area contributed by atoms with Gasteiger partial charge in [0, 0.05) is 18.0 Å². The van der Waals surface area contributed by atoms with Crippen molar-refractivity contribution in [3.63, 3.8) is 0 Å². The van der Waals surface area contributed by atoms with Gasteiger partial charge in [0.05, 0.1) is 10.0 Å². The summed E-state index contributed by atoms with van der Waals surface area (Å²) in [5.74, 6) is 0.160. The molecule has 0 fully saturated rings. The van der Waals surface area contributed by atoms with Crippen molar-refractivity contribution in [2.75, 3.05) is 5.75 Å². The second kappa shape index (κ2) is 6.41. The van der Waals surface area contributed by atoms with Crippen LogP contribution in [0.4, 0.5) is 0 Å². The quantitative estimate of drug-likeness (QED) is 0.786. The van der Waals surface area contributed by atoms with Gasteiger partial charge in [-0.3, -0.25) is 4.79 Å². The highest BCUT2D eigenvalue weighted by molar-refractivity contribution is 7.99. The van der Waals surface area contributed by atoms with Crippen molar-refractivity contribution in [1.29, 1.82) is 0 Å². The van der Waals surface area contributed by atoms with Gasteiger partial charge in [-0.25, -0.2) is 4.98 Å². The number of pyridine rings is 1. The Morgan fingerprint density at radius 2 is 2.28 bits per heavy atom. The van der Waals surface area contributed by atoms with Crippen LogP contribution in [0.5, 0.6) is 0 Å². The van der Waals surface area contributed by atoms with E-state index in [9.17, 15) is 4.79 Å². The van der Waals surface area contributed by atoms with E-state index >= 15 is 0 Å². The van der Waals surface area contributed by atoms with E-state index in [1.54, 1.807) is 19.2 Å². The Kier molecular flexibility index (Phi) is 5.44. The van der Waals surface area contributed by atoms with Crippen LogP contribution in [-0.4, -0.2) is 28.2 Å². The molecule has 0 spiro atoms. The van der Waals surface area contributed by atoms with Crippen molar-refractivity contribution < 1.29 is 4.79 Å². The van der Waals surface area contributed by atoms with Crippen LogP contribution in [-0.2, 0) is 4.79 Å². The predicted octanol–water partition coefficient (Wildman–Crippen LogP) is 2.07. The van der Waals surface area contributed by atoms with Crippen molar-refractivity contribution >= 4 is 29.3 Å². The number of hydrogen-bond donors (Lipinski definition) is 2. The van der Waals surface area contributed by atoms with Gasteiger partial charge in [0.25, 0.3) is 0 Å². The van der Waals surface area contributed by atoms with E-state index in [4.69, 9.17) is 17.3 Å². The molecular weight excluding hydrogens is 270 g/mol. The van der Waals surface area contributed by atoms with E-state index < -0.39 is 5.54 Å². The molecule has 0 saturated heterocycles. The average Bonchev–Trinajstić information content (AvgIpc) is 2.27.